The zero-order chi connectivity index (χ0) is 18.6. The van der Waals surface area contributed by atoms with Crippen molar-refractivity contribution in [1.82, 2.24) is 20.2 Å². The average Bonchev–Trinajstić information content (AvgIpc) is 3.14. The molecule has 150 valence electrons. The van der Waals surface area contributed by atoms with E-state index >= 15 is 0 Å². The van der Waals surface area contributed by atoms with Crippen LogP contribution in [0.1, 0.15) is 18.1 Å². The summed E-state index contributed by atoms with van der Waals surface area (Å²) in [5.74, 6) is 1.65. The molecule has 27 heavy (non-hydrogen) atoms. The number of rotatable bonds is 10. The van der Waals surface area contributed by atoms with Crippen LogP contribution >= 0.6 is 24.0 Å². The second-order valence-electron chi connectivity index (χ2n) is 5.87. The molecule has 0 aliphatic heterocycles. The van der Waals surface area contributed by atoms with Gasteiger partial charge in [0.2, 0.25) is 0 Å². The fourth-order valence-corrected chi connectivity index (χ4v) is 2.39. The van der Waals surface area contributed by atoms with Crippen LogP contribution in [0.5, 0.6) is 5.75 Å². The number of nitrogens with one attached hydrogen (secondary N) is 2. The fourth-order valence-electron chi connectivity index (χ4n) is 2.39. The van der Waals surface area contributed by atoms with Gasteiger partial charge >= 0.3 is 0 Å². The quantitative estimate of drug-likeness (QED) is 0.233. The molecule has 0 spiro atoms. The van der Waals surface area contributed by atoms with Gasteiger partial charge in [0.15, 0.2) is 5.96 Å². The molecule has 2 N–H and O–H groups in total. The minimum Gasteiger partial charge on any atom is -0.491 e. The van der Waals surface area contributed by atoms with E-state index in [4.69, 9.17) is 9.47 Å². The van der Waals surface area contributed by atoms with Crippen molar-refractivity contribution in [2.75, 3.05) is 33.4 Å². The summed E-state index contributed by atoms with van der Waals surface area (Å²) in [5, 5.41) is 6.61. The maximum atomic E-state index is 5.84. The molecule has 8 heteroatoms. The second kappa shape index (κ2) is 13.4. The average molecular weight is 487 g/mol. The normalized spacial score (nSPS) is 11.0. The van der Waals surface area contributed by atoms with Gasteiger partial charge in [0.1, 0.15) is 12.4 Å². The number of benzene rings is 1. The first-order valence-corrected chi connectivity index (χ1v) is 8.92. The Morgan fingerprint density at radius 1 is 1.26 bits per heavy atom. The molecule has 2 aromatic rings. The summed E-state index contributed by atoms with van der Waals surface area (Å²) in [6.45, 7) is 8.16. The van der Waals surface area contributed by atoms with Crippen molar-refractivity contribution in [2.45, 2.75) is 26.9 Å². The van der Waals surface area contributed by atoms with E-state index in [2.05, 4.69) is 46.6 Å². The Morgan fingerprint density at radius 2 is 2.11 bits per heavy atom. The summed E-state index contributed by atoms with van der Waals surface area (Å²) in [6.07, 6.45) is 5.53. The summed E-state index contributed by atoms with van der Waals surface area (Å²) >= 11 is 0. The van der Waals surface area contributed by atoms with Crippen molar-refractivity contribution in [3.8, 4) is 5.75 Å². The Bertz CT molecular complexity index is 677. The summed E-state index contributed by atoms with van der Waals surface area (Å²) in [5.41, 5.74) is 2.22. The fraction of sp³-hybridized carbons (Fsp3) is 0.474. The first-order valence-electron chi connectivity index (χ1n) is 8.92. The molecule has 0 radical (unpaired) electrons. The molecular weight excluding hydrogens is 457 g/mol. The van der Waals surface area contributed by atoms with E-state index in [1.165, 1.54) is 0 Å². The van der Waals surface area contributed by atoms with Gasteiger partial charge in [-0.2, -0.15) is 0 Å². The molecular formula is C19H30IN5O2. The third-order valence-electron chi connectivity index (χ3n) is 3.74. The highest BCUT2D eigenvalue weighted by Crippen LogP contribution is 2.21. The monoisotopic (exact) mass is 487 g/mol. The van der Waals surface area contributed by atoms with Gasteiger partial charge in [-0.3, -0.25) is 0 Å². The lowest BCUT2D eigenvalue weighted by Crippen LogP contribution is -2.38. The standard InChI is InChI=1S/C19H29N5O2.HI/c1-4-21-19(22-8-10-24-9-7-20-15-24)23-14-17-6-5-16(2)13-18(17)26-12-11-25-3;/h5-7,9,13,15H,4,8,10-12,14H2,1-3H3,(H2,21,22,23);1H. The summed E-state index contributed by atoms with van der Waals surface area (Å²) in [4.78, 5) is 8.73. The maximum absolute atomic E-state index is 5.84. The predicted octanol–water partition coefficient (Wildman–Crippen LogP) is 2.59. The Morgan fingerprint density at radius 3 is 2.81 bits per heavy atom. The van der Waals surface area contributed by atoms with Gasteiger partial charge in [0.05, 0.1) is 19.5 Å². The van der Waals surface area contributed by atoms with Gasteiger partial charge in [-0.05, 0) is 25.5 Å². The molecule has 0 fully saturated rings. The number of hydrogen-bond acceptors (Lipinski definition) is 4. The molecule has 0 atom stereocenters. The summed E-state index contributed by atoms with van der Waals surface area (Å²) in [7, 11) is 1.67. The van der Waals surface area contributed by atoms with E-state index in [1.807, 2.05) is 23.2 Å². The van der Waals surface area contributed by atoms with Gasteiger partial charge in [0, 0.05) is 44.7 Å². The van der Waals surface area contributed by atoms with Crippen molar-refractivity contribution in [1.29, 1.82) is 0 Å². The van der Waals surface area contributed by atoms with Crippen LogP contribution in [-0.4, -0.2) is 48.9 Å². The molecule has 0 aliphatic carbocycles. The number of nitrogens with zero attached hydrogens (tertiary/aromatic N) is 3. The minimum absolute atomic E-state index is 0. The largest absolute Gasteiger partial charge is 0.491 e. The number of aromatic nitrogens is 2. The topological polar surface area (TPSA) is 72.7 Å². The number of guanidine groups is 1. The van der Waals surface area contributed by atoms with E-state index < -0.39 is 0 Å². The number of halogens is 1. The van der Waals surface area contributed by atoms with Crippen LogP contribution in [-0.2, 0) is 17.8 Å². The molecule has 0 saturated heterocycles. The SMILES string of the molecule is CCNC(=NCc1ccc(C)cc1OCCOC)NCCn1ccnc1.I. The highest BCUT2D eigenvalue weighted by molar-refractivity contribution is 14.0. The molecule has 0 amide bonds. The van der Waals surface area contributed by atoms with Gasteiger partial charge in [0.25, 0.3) is 0 Å². The smallest absolute Gasteiger partial charge is 0.191 e. The van der Waals surface area contributed by atoms with Crippen LogP contribution in [0.4, 0.5) is 0 Å². The number of methoxy groups -OCH3 is 1. The van der Waals surface area contributed by atoms with Crippen LogP contribution in [0, 0.1) is 6.92 Å². The van der Waals surface area contributed by atoms with Crippen molar-refractivity contribution < 1.29 is 9.47 Å². The third kappa shape index (κ3) is 8.61. The first-order chi connectivity index (χ1) is 12.7. The summed E-state index contributed by atoms with van der Waals surface area (Å²) in [6, 6.07) is 6.18. The zero-order valence-electron chi connectivity index (χ0n) is 16.3. The Balaban J connectivity index is 0.00000364. The van der Waals surface area contributed by atoms with Crippen molar-refractivity contribution in [3.63, 3.8) is 0 Å². The third-order valence-corrected chi connectivity index (χ3v) is 3.74. The maximum Gasteiger partial charge on any atom is 0.191 e. The number of hydrogen-bond donors (Lipinski definition) is 2. The lowest BCUT2D eigenvalue weighted by Gasteiger charge is -2.13. The highest BCUT2D eigenvalue weighted by Gasteiger charge is 2.05. The Labute approximate surface area is 178 Å². The minimum atomic E-state index is 0. The zero-order valence-corrected chi connectivity index (χ0v) is 18.6. The van der Waals surface area contributed by atoms with E-state index in [9.17, 15) is 0 Å². The molecule has 2 rings (SSSR count). The number of imidazole rings is 1. The molecule has 0 saturated carbocycles. The molecule has 1 aromatic heterocycles. The van der Waals surface area contributed by atoms with E-state index in [0.717, 1.165) is 42.5 Å². The van der Waals surface area contributed by atoms with Crippen LogP contribution in [0.3, 0.4) is 0 Å². The van der Waals surface area contributed by atoms with Crippen LogP contribution in [0.25, 0.3) is 0 Å². The van der Waals surface area contributed by atoms with Crippen LogP contribution in [0.15, 0.2) is 41.9 Å². The van der Waals surface area contributed by atoms with Gasteiger partial charge in [-0.25, -0.2) is 9.98 Å². The lowest BCUT2D eigenvalue weighted by atomic mass is 10.1. The number of aliphatic imine (C=N–C) groups is 1. The molecule has 0 unspecified atom stereocenters. The molecule has 0 aliphatic rings. The summed E-state index contributed by atoms with van der Waals surface area (Å²) < 4.78 is 12.9. The van der Waals surface area contributed by atoms with Gasteiger partial charge in [-0.15, -0.1) is 24.0 Å². The van der Waals surface area contributed by atoms with E-state index in [0.29, 0.717) is 19.8 Å². The predicted molar refractivity (Wildman–Crippen MR) is 119 cm³/mol. The molecule has 7 nitrogen and oxygen atoms in total. The second-order valence-corrected chi connectivity index (χ2v) is 5.87. The van der Waals surface area contributed by atoms with Crippen LogP contribution in [0.2, 0.25) is 0 Å². The molecule has 0 bridgehead atoms. The molecule has 1 aromatic carbocycles. The van der Waals surface area contributed by atoms with Crippen molar-refractivity contribution in [3.05, 3.63) is 48.0 Å². The van der Waals surface area contributed by atoms with Gasteiger partial charge in [-0.1, -0.05) is 12.1 Å². The van der Waals surface area contributed by atoms with E-state index in [-0.39, 0.29) is 24.0 Å². The number of aryl methyl sites for hydroxylation is 1. The lowest BCUT2D eigenvalue weighted by molar-refractivity contribution is 0.145. The highest BCUT2D eigenvalue weighted by atomic mass is 127. The molecule has 1 heterocycles. The Hall–Kier alpha value is -1.81. The van der Waals surface area contributed by atoms with Crippen molar-refractivity contribution in [2.24, 2.45) is 4.99 Å². The van der Waals surface area contributed by atoms with Crippen molar-refractivity contribution >= 4 is 29.9 Å². The number of ether oxygens (including phenoxy) is 2. The van der Waals surface area contributed by atoms with Crippen LogP contribution < -0.4 is 15.4 Å². The van der Waals surface area contributed by atoms with E-state index in [1.54, 1.807) is 13.3 Å². The Kier molecular flexibility index (Phi) is 11.5. The van der Waals surface area contributed by atoms with Gasteiger partial charge < -0.3 is 24.7 Å². The first kappa shape index (κ1) is 23.2.